The summed E-state index contributed by atoms with van der Waals surface area (Å²) < 4.78 is 6.07. The largest absolute Gasteiger partial charge is 0.487 e. The second-order valence-corrected chi connectivity index (χ2v) is 6.64. The van der Waals surface area contributed by atoms with Crippen LogP contribution in [-0.4, -0.2) is 5.60 Å². The molecule has 1 aliphatic heterocycles. The topological polar surface area (TPSA) is 21.3 Å². The van der Waals surface area contributed by atoms with Crippen molar-refractivity contribution in [1.29, 1.82) is 0 Å². The van der Waals surface area contributed by atoms with Gasteiger partial charge in [-0.15, -0.1) is 0 Å². The second-order valence-electron chi connectivity index (χ2n) is 6.23. The summed E-state index contributed by atoms with van der Waals surface area (Å²) in [6.45, 7) is 6.32. The lowest BCUT2D eigenvalue weighted by Gasteiger charge is -2.38. The van der Waals surface area contributed by atoms with Gasteiger partial charge >= 0.3 is 0 Å². The lowest BCUT2D eigenvalue weighted by molar-refractivity contribution is 0.0759. The van der Waals surface area contributed by atoms with Crippen LogP contribution in [0.2, 0.25) is 5.02 Å². The number of anilines is 1. The Bertz CT molecular complexity index is 646. The summed E-state index contributed by atoms with van der Waals surface area (Å²) in [5.74, 6) is 0.955. The molecule has 0 radical (unpaired) electrons. The summed E-state index contributed by atoms with van der Waals surface area (Å²) in [4.78, 5) is 0. The maximum Gasteiger partial charge on any atom is 0.125 e. The highest BCUT2D eigenvalue weighted by molar-refractivity contribution is 6.33. The Labute approximate surface area is 131 Å². The van der Waals surface area contributed by atoms with Crippen molar-refractivity contribution in [3.63, 3.8) is 0 Å². The number of benzene rings is 2. The van der Waals surface area contributed by atoms with Crippen molar-refractivity contribution in [3.8, 4) is 5.75 Å². The van der Waals surface area contributed by atoms with Crippen LogP contribution in [-0.2, 0) is 0 Å². The number of fused-ring (bicyclic) bond motifs is 1. The molecule has 1 aliphatic rings. The summed E-state index contributed by atoms with van der Waals surface area (Å²) in [6.07, 6.45) is 0.897. The van der Waals surface area contributed by atoms with Gasteiger partial charge in [-0.25, -0.2) is 0 Å². The average molecular weight is 302 g/mol. The molecule has 0 aliphatic carbocycles. The second kappa shape index (κ2) is 5.27. The smallest absolute Gasteiger partial charge is 0.125 e. The lowest BCUT2D eigenvalue weighted by atomic mass is 9.89. The molecule has 0 aromatic heterocycles. The minimum Gasteiger partial charge on any atom is -0.487 e. The molecule has 1 atom stereocenters. The first-order valence-electron chi connectivity index (χ1n) is 7.26. The fraction of sp³-hybridized carbons (Fsp3) is 0.333. The summed E-state index contributed by atoms with van der Waals surface area (Å²) >= 11 is 6.35. The third kappa shape index (κ3) is 2.86. The van der Waals surface area contributed by atoms with Crippen molar-refractivity contribution in [3.05, 3.63) is 58.6 Å². The van der Waals surface area contributed by atoms with Crippen LogP contribution in [0.25, 0.3) is 0 Å². The molecule has 0 spiro atoms. The van der Waals surface area contributed by atoms with Gasteiger partial charge in [0.2, 0.25) is 0 Å². The van der Waals surface area contributed by atoms with Gasteiger partial charge in [0, 0.05) is 12.0 Å². The Morgan fingerprint density at radius 1 is 1.14 bits per heavy atom. The van der Waals surface area contributed by atoms with E-state index in [2.05, 4.69) is 44.3 Å². The van der Waals surface area contributed by atoms with Crippen LogP contribution in [0, 0.1) is 6.92 Å². The van der Waals surface area contributed by atoms with E-state index in [1.54, 1.807) is 0 Å². The van der Waals surface area contributed by atoms with E-state index in [4.69, 9.17) is 16.3 Å². The highest BCUT2D eigenvalue weighted by Crippen LogP contribution is 2.42. The highest BCUT2D eigenvalue weighted by Gasteiger charge is 2.33. The van der Waals surface area contributed by atoms with Crippen molar-refractivity contribution in [2.45, 2.75) is 38.8 Å². The molecule has 0 amide bonds. The molecule has 1 N–H and O–H groups in total. The fourth-order valence-electron chi connectivity index (χ4n) is 2.92. The van der Waals surface area contributed by atoms with Gasteiger partial charge in [-0.3, -0.25) is 0 Å². The Morgan fingerprint density at radius 2 is 1.90 bits per heavy atom. The Kier molecular flexibility index (Phi) is 3.58. The van der Waals surface area contributed by atoms with Crippen molar-refractivity contribution < 1.29 is 4.74 Å². The predicted octanol–water partition coefficient (Wildman–Crippen LogP) is 5.36. The molecule has 3 rings (SSSR count). The lowest BCUT2D eigenvalue weighted by Crippen LogP contribution is -2.37. The molecular formula is C18H20ClNO. The van der Waals surface area contributed by atoms with Crippen molar-refractivity contribution in [2.75, 3.05) is 5.32 Å². The van der Waals surface area contributed by atoms with Gasteiger partial charge in [-0.2, -0.15) is 0 Å². The first-order chi connectivity index (χ1) is 9.96. The number of rotatable bonds is 2. The normalized spacial score (nSPS) is 19.5. The van der Waals surface area contributed by atoms with Gasteiger partial charge < -0.3 is 10.1 Å². The first-order valence-corrected chi connectivity index (χ1v) is 7.64. The monoisotopic (exact) mass is 301 g/mol. The van der Waals surface area contributed by atoms with Crippen LogP contribution in [0.1, 0.15) is 37.4 Å². The van der Waals surface area contributed by atoms with Gasteiger partial charge in [-0.1, -0.05) is 41.9 Å². The van der Waals surface area contributed by atoms with Crippen molar-refractivity contribution in [2.24, 2.45) is 0 Å². The standard InChI is InChI=1S/C18H20ClNO/c1-12-7-6-9-14(19)17(12)20-15-11-18(2,3)21-16-10-5-4-8-13(15)16/h4-10,15,20H,11H2,1-3H3. The molecule has 0 saturated heterocycles. The third-order valence-electron chi connectivity index (χ3n) is 3.92. The number of nitrogens with one attached hydrogen (secondary N) is 1. The molecule has 1 heterocycles. The fourth-order valence-corrected chi connectivity index (χ4v) is 3.20. The number of hydrogen-bond acceptors (Lipinski definition) is 2. The predicted molar refractivity (Wildman–Crippen MR) is 88.3 cm³/mol. The highest BCUT2D eigenvalue weighted by atomic mass is 35.5. The van der Waals surface area contributed by atoms with Crippen LogP contribution in [0.15, 0.2) is 42.5 Å². The zero-order chi connectivity index (χ0) is 15.0. The number of ether oxygens (including phenoxy) is 1. The van der Waals surface area contributed by atoms with E-state index in [-0.39, 0.29) is 11.6 Å². The molecule has 0 saturated carbocycles. The molecular weight excluding hydrogens is 282 g/mol. The number of hydrogen-bond donors (Lipinski definition) is 1. The molecule has 3 heteroatoms. The summed E-state index contributed by atoms with van der Waals surface area (Å²) in [5, 5.41) is 4.38. The van der Waals surface area contributed by atoms with Crippen LogP contribution >= 0.6 is 11.6 Å². The number of para-hydroxylation sites is 2. The van der Waals surface area contributed by atoms with Crippen LogP contribution in [0.5, 0.6) is 5.75 Å². The first kappa shape index (κ1) is 14.3. The van der Waals surface area contributed by atoms with Gasteiger partial charge in [0.15, 0.2) is 0 Å². The average Bonchev–Trinajstić information content (AvgIpc) is 2.41. The molecule has 110 valence electrons. The van der Waals surface area contributed by atoms with E-state index < -0.39 is 0 Å². The molecule has 0 bridgehead atoms. The van der Waals surface area contributed by atoms with Crippen LogP contribution in [0.3, 0.4) is 0 Å². The van der Waals surface area contributed by atoms with Gasteiger partial charge in [0.1, 0.15) is 11.4 Å². The van der Waals surface area contributed by atoms with E-state index in [0.29, 0.717) is 0 Å². The Hall–Kier alpha value is -1.67. The zero-order valence-electron chi connectivity index (χ0n) is 12.6. The van der Waals surface area contributed by atoms with Crippen molar-refractivity contribution >= 4 is 17.3 Å². The molecule has 0 fully saturated rings. The van der Waals surface area contributed by atoms with E-state index >= 15 is 0 Å². The Morgan fingerprint density at radius 3 is 2.67 bits per heavy atom. The minimum absolute atomic E-state index is 0.193. The number of halogens is 1. The summed E-state index contributed by atoms with van der Waals surface area (Å²) in [5.41, 5.74) is 3.17. The zero-order valence-corrected chi connectivity index (χ0v) is 13.4. The summed E-state index contributed by atoms with van der Waals surface area (Å²) in [6, 6.07) is 14.4. The van der Waals surface area contributed by atoms with E-state index in [1.807, 2.05) is 24.3 Å². The van der Waals surface area contributed by atoms with Gasteiger partial charge in [0.25, 0.3) is 0 Å². The molecule has 1 unspecified atom stereocenters. The molecule has 21 heavy (non-hydrogen) atoms. The third-order valence-corrected chi connectivity index (χ3v) is 4.23. The van der Waals surface area contributed by atoms with Crippen LogP contribution < -0.4 is 10.1 Å². The maximum absolute atomic E-state index is 6.35. The number of aryl methyl sites for hydroxylation is 1. The van der Waals surface area contributed by atoms with Gasteiger partial charge in [0.05, 0.1) is 16.8 Å². The van der Waals surface area contributed by atoms with Crippen LogP contribution in [0.4, 0.5) is 5.69 Å². The molecule has 2 aromatic carbocycles. The molecule has 2 nitrogen and oxygen atoms in total. The van der Waals surface area contributed by atoms with E-state index in [1.165, 1.54) is 5.56 Å². The SMILES string of the molecule is Cc1cccc(Cl)c1NC1CC(C)(C)Oc2ccccc21. The quantitative estimate of drug-likeness (QED) is 0.806. The summed E-state index contributed by atoms with van der Waals surface area (Å²) in [7, 11) is 0. The maximum atomic E-state index is 6.35. The minimum atomic E-state index is -0.193. The molecule has 2 aromatic rings. The van der Waals surface area contributed by atoms with Crippen molar-refractivity contribution in [1.82, 2.24) is 0 Å². The van der Waals surface area contributed by atoms with E-state index in [0.717, 1.165) is 28.4 Å². The van der Waals surface area contributed by atoms with Gasteiger partial charge in [-0.05, 0) is 38.5 Å². The Balaban J connectivity index is 1.99. The van der Waals surface area contributed by atoms with E-state index in [9.17, 15) is 0 Å².